The third-order valence-electron chi connectivity index (χ3n) is 2.33. The first kappa shape index (κ1) is 11.6. The molecule has 17 heavy (non-hydrogen) atoms. The summed E-state index contributed by atoms with van der Waals surface area (Å²) in [4.78, 5) is 22.7. The number of rotatable bonds is 2. The molecule has 0 radical (unpaired) electrons. The Bertz CT molecular complexity index is 540. The maximum Gasteiger partial charge on any atom is 0.337 e. The Morgan fingerprint density at radius 3 is 2.76 bits per heavy atom. The van der Waals surface area contributed by atoms with Crippen LogP contribution in [0.1, 0.15) is 23.7 Å². The van der Waals surface area contributed by atoms with Crippen LogP contribution < -0.4 is 5.01 Å². The van der Waals surface area contributed by atoms with E-state index in [1.54, 1.807) is 6.92 Å². The standard InChI is InChI=1S/C11H9ClN2O3/c1-6-4-10(15)14(13-6)9-5-7(12)2-3-8(9)11(16)17/h2-3,5H,4H2,1H3,(H,16,17). The maximum absolute atomic E-state index is 11.6. The Balaban J connectivity index is 2.54. The first-order valence-electron chi connectivity index (χ1n) is 4.89. The van der Waals surface area contributed by atoms with Crippen molar-refractivity contribution >= 4 is 34.9 Å². The number of carboxylic acids is 1. The average molecular weight is 253 g/mol. The first-order chi connectivity index (χ1) is 7.99. The lowest BCUT2D eigenvalue weighted by Crippen LogP contribution is -2.22. The molecule has 0 atom stereocenters. The molecule has 1 amide bonds. The van der Waals surface area contributed by atoms with Gasteiger partial charge in [-0.3, -0.25) is 4.79 Å². The van der Waals surface area contributed by atoms with Gasteiger partial charge in [-0.15, -0.1) is 0 Å². The van der Waals surface area contributed by atoms with Gasteiger partial charge in [0.2, 0.25) is 0 Å². The molecular weight excluding hydrogens is 244 g/mol. The molecule has 0 saturated heterocycles. The molecule has 0 bridgehead atoms. The molecule has 5 nitrogen and oxygen atoms in total. The topological polar surface area (TPSA) is 70.0 Å². The summed E-state index contributed by atoms with van der Waals surface area (Å²) in [6, 6.07) is 4.24. The first-order valence-corrected chi connectivity index (χ1v) is 5.26. The molecule has 0 fully saturated rings. The van der Waals surface area contributed by atoms with Crippen LogP contribution in [0.4, 0.5) is 5.69 Å². The minimum Gasteiger partial charge on any atom is -0.478 e. The van der Waals surface area contributed by atoms with E-state index in [1.165, 1.54) is 18.2 Å². The Morgan fingerprint density at radius 1 is 1.53 bits per heavy atom. The number of benzene rings is 1. The molecule has 88 valence electrons. The van der Waals surface area contributed by atoms with Gasteiger partial charge in [0.15, 0.2) is 0 Å². The summed E-state index contributed by atoms with van der Waals surface area (Å²) < 4.78 is 0. The van der Waals surface area contributed by atoms with Crippen LogP contribution in [-0.4, -0.2) is 22.7 Å². The molecule has 1 N–H and O–H groups in total. The van der Waals surface area contributed by atoms with Crippen molar-refractivity contribution in [2.45, 2.75) is 13.3 Å². The zero-order valence-corrected chi connectivity index (χ0v) is 9.73. The highest BCUT2D eigenvalue weighted by Gasteiger charge is 2.26. The zero-order chi connectivity index (χ0) is 12.6. The number of hydrogen-bond acceptors (Lipinski definition) is 3. The second-order valence-corrected chi connectivity index (χ2v) is 4.12. The molecule has 1 aromatic carbocycles. The quantitative estimate of drug-likeness (QED) is 0.877. The fourth-order valence-corrected chi connectivity index (χ4v) is 1.77. The highest BCUT2D eigenvalue weighted by atomic mass is 35.5. The maximum atomic E-state index is 11.6. The number of aromatic carboxylic acids is 1. The van der Waals surface area contributed by atoms with Crippen molar-refractivity contribution in [1.29, 1.82) is 0 Å². The van der Waals surface area contributed by atoms with Crippen LogP contribution in [0.5, 0.6) is 0 Å². The van der Waals surface area contributed by atoms with E-state index in [-0.39, 0.29) is 23.6 Å². The number of hydrogen-bond donors (Lipinski definition) is 1. The van der Waals surface area contributed by atoms with Gasteiger partial charge in [-0.1, -0.05) is 11.6 Å². The summed E-state index contributed by atoms with van der Waals surface area (Å²) in [6.07, 6.45) is 0.200. The number of carbonyl (C=O) groups excluding carboxylic acids is 1. The van der Waals surface area contributed by atoms with Crippen molar-refractivity contribution in [3.05, 3.63) is 28.8 Å². The van der Waals surface area contributed by atoms with E-state index in [9.17, 15) is 9.59 Å². The normalized spacial score (nSPS) is 15.1. The highest BCUT2D eigenvalue weighted by molar-refractivity contribution is 6.31. The molecule has 0 aliphatic carbocycles. The highest BCUT2D eigenvalue weighted by Crippen LogP contribution is 2.28. The molecule has 2 rings (SSSR count). The summed E-state index contributed by atoms with van der Waals surface area (Å²) in [6.45, 7) is 1.71. The van der Waals surface area contributed by atoms with E-state index in [1.807, 2.05) is 0 Å². The Labute approximate surface area is 102 Å². The largest absolute Gasteiger partial charge is 0.478 e. The fourth-order valence-electron chi connectivity index (χ4n) is 1.60. The van der Waals surface area contributed by atoms with Gasteiger partial charge in [-0.05, 0) is 25.1 Å². The number of hydrazone groups is 1. The monoisotopic (exact) mass is 252 g/mol. The summed E-state index contributed by atoms with van der Waals surface area (Å²) >= 11 is 5.80. The smallest absolute Gasteiger partial charge is 0.337 e. The van der Waals surface area contributed by atoms with Crippen LogP contribution in [0.15, 0.2) is 23.3 Å². The van der Waals surface area contributed by atoms with Gasteiger partial charge in [0, 0.05) is 10.7 Å². The third-order valence-corrected chi connectivity index (χ3v) is 2.57. The van der Waals surface area contributed by atoms with Crippen LogP contribution in [0.25, 0.3) is 0 Å². The average Bonchev–Trinajstić information content (AvgIpc) is 2.57. The number of halogens is 1. The van der Waals surface area contributed by atoms with Crippen LogP contribution >= 0.6 is 11.6 Å². The van der Waals surface area contributed by atoms with Crippen LogP contribution in [0.3, 0.4) is 0 Å². The second-order valence-electron chi connectivity index (χ2n) is 3.68. The molecule has 1 aliphatic rings. The van der Waals surface area contributed by atoms with Gasteiger partial charge in [-0.2, -0.15) is 10.1 Å². The Morgan fingerprint density at radius 2 is 2.24 bits per heavy atom. The third kappa shape index (κ3) is 2.14. The van der Waals surface area contributed by atoms with Crippen LogP contribution in [-0.2, 0) is 4.79 Å². The predicted molar refractivity (Wildman–Crippen MR) is 63.6 cm³/mol. The lowest BCUT2D eigenvalue weighted by atomic mass is 10.1. The number of anilines is 1. The van der Waals surface area contributed by atoms with Gasteiger partial charge in [0.05, 0.1) is 17.7 Å². The SMILES string of the molecule is CC1=NN(c2cc(Cl)ccc2C(=O)O)C(=O)C1. The van der Waals surface area contributed by atoms with E-state index >= 15 is 0 Å². The summed E-state index contributed by atoms with van der Waals surface area (Å²) in [5, 5.41) is 14.5. The van der Waals surface area contributed by atoms with Crippen molar-refractivity contribution in [3.8, 4) is 0 Å². The molecule has 0 aromatic heterocycles. The van der Waals surface area contributed by atoms with Crippen molar-refractivity contribution in [1.82, 2.24) is 0 Å². The number of carboxylic acid groups (broad SMARTS) is 1. The van der Waals surface area contributed by atoms with Gasteiger partial charge in [0.25, 0.3) is 5.91 Å². The number of amides is 1. The van der Waals surface area contributed by atoms with Crippen molar-refractivity contribution in [2.24, 2.45) is 5.10 Å². The molecule has 1 aliphatic heterocycles. The molecule has 6 heteroatoms. The van der Waals surface area contributed by atoms with Crippen LogP contribution in [0.2, 0.25) is 5.02 Å². The van der Waals surface area contributed by atoms with Crippen LogP contribution in [0, 0.1) is 0 Å². The van der Waals surface area contributed by atoms with E-state index < -0.39 is 5.97 Å². The number of nitrogens with zero attached hydrogens (tertiary/aromatic N) is 2. The molecule has 0 unspecified atom stereocenters. The van der Waals surface area contributed by atoms with Gasteiger partial charge < -0.3 is 5.11 Å². The van der Waals surface area contributed by atoms with E-state index in [4.69, 9.17) is 16.7 Å². The minimum absolute atomic E-state index is 0.00111. The molecule has 1 heterocycles. The van der Waals surface area contributed by atoms with Gasteiger partial charge in [0.1, 0.15) is 0 Å². The van der Waals surface area contributed by atoms with E-state index in [2.05, 4.69) is 5.10 Å². The minimum atomic E-state index is -1.12. The van der Waals surface area contributed by atoms with E-state index in [0.717, 1.165) is 5.01 Å². The number of carbonyl (C=O) groups is 2. The lowest BCUT2D eigenvalue weighted by molar-refractivity contribution is -0.116. The molecular formula is C11H9ClN2O3. The zero-order valence-electron chi connectivity index (χ0n) is 8.98. The fraction of sp³-hybridized carbons (Fsp3) is 0.182. The van der Waals surface area contributed by atoms with Gasteiger partial charge in [-0.25, -0.2) is 4.79 Å². The van der Waals surface area contributed by atoms with Gasteiger partial charge >= 0.3 is 5.97 Å². The Kier molecular flexibility index (Phi) is 2.85. The summed E-state index contributed by atoms with van der Waals surface area (Å²) in [7, 11) is 0. The summed E-state index contributed by atoms with van der Waals surface area (Å²) in [5.41, 5.74) is 0.847. The van der Waals surface area contributed by atoms with Crippen molar-refractivity contribution in [3.63, 3.8) is 0 Å². The molecule has 0 spiro atoms. The summed E-state index contributed by atoms with van der Waals surface area (Å²) in [5.74, 6) is -1.38. The lowest BCUT2D eigenvalue weighted by Gasteiger charge is -2.14. The predicted octanol–water partition coefficient (Wildman–Crippen LogP) is 2.15. The molecule has 0 saturated carbocycles. The van der Waals surface area contributed by atoms with Crippen molar-refractivity contribution < 1.29 is 14.7 Å². The van der Waals surface area contributed by atoms with E-state index in [0.29, 0.717) is 10.7 Å². The Hall–Kier alpha value is -1.88. The second kappa shape index (κ2) is 4.18. The van der Waals surface area contributed by atoms with Crippen molar-refractivity contribution in [2.75, 3.05) is 5.01 Å². The molecule has 1 aromatic rings.